The van der Waals surface area contributed by atoms with Crippen LogP contribution in [0.5, 0.6) is 0 Å². The Labute approximate surface area is 222 Å². The van der Waals surface area contributed by atoms with Gasteiger partial charge in [0.1, 0.15) is 0 Å². The van der Waals surface area contributed by atoms with Crippen molar-refractivity contribution in [1.82, 2.24) is 19.6 Å². The molecular formula is C27H38F3N5O3. The Morgan fingerprint density at radius 2 is 1.68 bits per heavy atom. The molecule has 4 rings (SSSR count). The topological polar surface area (TPSA) is 81.9 Å². The van der Waals surface area contributed by atoms with Crippen molar-refractivity contribution in [2.45, 2.75) is 71.1 Å². The zero-order chi connectivity index (χ0) is 28.1. The van der Waals surface area contributed by atoms with E-state index in [1.165, 1.54) is 18.3 Å². The largest absolute Gasteiger partial charge is 0.476 e. The molecule has 3 heterocycles. The number of likely N-dealkylation sites (tertiary alicyclic amines) is 1. The number of aromatic nitrogens is 2. The third-order valence-electron chi connectivity index (χ3n) is 7.55. The molecule has 8 nitrogen and oxygen atoms in total. The second-order valence-corrected chi connectivity index (χ2v) is 9.96. The maximum absolute atomic E-state index is 13.5. The number of carboxylic acid groups (broad SMARTS) is 1. The summed E-state index contributed by atoms with van der Waals surface area (Å²) in [4.78, 5) is 29.7. The summed E-state index contributed by atoms with van der Waals surface area (Å²) < 4.78 is 41.4. The number of amides is 1. The molecule has 2 saturated heterocycles. The molecule has 2 fully saturated rings. The number of halogens is 3. The minimum atomic E-state index is -4.39. The van der Waals surface area contributed by atoms with Gasteiger partial charge in [0, 0.05) is 50.1 Å². The number of alkyl halides is 3. The van der Waals surface area contributed by atoms with Crippen LogP contribution >= 0.6 is 0 Å². The van der Waals surface area contributed by atoms with Crippen molar-refractivity contribution in [2.24, 2.45) is 0 Å². The zero-order valence-corrected chi connectivity index (χ0v) is 22.6. The number of carboxylic acids is 1. The summed E-state index contributed by atoms with van der Waals surface area (Å²) in [6.07, 6.45) is 1.32. The third-order valence-corrected chi connectivity index (χ3v) is 7.55. The van der Waals surface area contributed by atoms with Crippen LogP contribution in [0.1, 0.15) is 74.5 Å². The molecular weight excluding hydrogens is 499 g/mol. The number of aromatic carboxylic acids is 1. The molecule has 1 aromatic heterocycles. The highest BCUT2D eigenvalue weighted by Crippen LogP contribution is 2.36. The monoisotopic (exact) mass is 537 g/mol. The van der Waals surface area contributed by atoms with E-state index >= 15 is 0 Å². The zero-order valence-electron chi connectivity index (χ0n) is 22.6. The summed E-state index contributed by atoms with van der Waals surface area (Å²) in [5.74, 6) is -1.19. The summed E-state index contributed by atoms with van der Waals surface area (Å²) in [6.45, 7) is 9.04. The molecule has 38 heavy (non-hydrogen) atoms. The highest BCUT2D eigenvalue weighted by Gasteiger charge is 2.37. The number of rotatable bonds is 5. The normalized spacial score (nSPS) is 17.7. The fourth-order valence-corrected chi connectivity index (χ4v) is 5.00. The van der Waals surface area contributed by atoms with E-state index < -0.39 is 17.7 Å². The molecule has 210 valence electrons. The fourth-order valence-electron chi connectivity index (χ4n) is 5.00. The molecule has 2 aliphatic rings. The molecule has 0 bridgehead atoms. The van der Waals surface area contributed by atoms with Gasteiger partial charge in [-0.15, -0.1) is 0 Å². The molecule has 1 N–H and O–H groups in total. The lowest BCUT2D eigenvalue weighted by Crippen LogP contribution is -2.53. The molecule has 0 unspecified atom stereocenters. The number of carbonyl (C=O) groups excluding carboxylic acids is 1. The molecule has 0 radical (unpaired) electrons. The van der Waals surface area contributed by atoms with E-state index in [0.29, 0.717) is 38.2 Å². The lowest BCUT2D eigenvalue weighted by molar-refractivity contribution is -0.137. The van der Waals surface area contributed by atoms with Crippen LogP contribution in [0.15, 0.2) is 30.5 Å². The van der Waals surface area contributed by atoms with E-state index in [4.69, 9.17) is 5.11 Å². The Morgan fingerprint density at radius 3 is 2.24 bits per heavy atom. The molecule has 1 amide bonds. The van der Waals surface area contributed by atoms with Crippen molar-refractivity contribution in [1.29, 1.82) is 0 Å². The van der Waals surface area contributed by atoms with Crippen LogP contribution in [0.25, 0.3) is 0 Å². The van der Waals surface area contributed by atoms with Crippen molar-refractivity contribution in [3.8, 4) is 0 Å². The quantitative estimate of drug-likeness (QED) is 0.537. The van der Waals surface area contributed by atoms with Crippen molar-refractivity contribution in [3.05, 3.63) is 47.3 Å². The minimum absolute atomic E-state index is 0.189. The van der Waals surface area contributed by atoms with Crippen molar-refractivity contribution in [2.75, 3.05) is 38.1 Å². The van der Waals surface area contributed by atoms with E-state index in [1.54, 1.807) is 11.0 Å². The van der Waals surface area contributed by atoms with E-state index in [2.05, 4.69) is 21.8 Å². The second kappa shape index (κ2) is 12.2. The van der Waals surface area contributed by atoms with Gasteiger partial charge < -0.3 is 14.9 Å². The molecule has 11 heteroatoms. The van der Waals surface area contributed by atoms with Gasteiger partial charge in [0.05, 0.1) is 5.56 Å². The van der Waals surface area contributed by atoms with E-state index in [-0.39, 0.29) is 17.3 Å². The molecule has 2 aromatic rings. The average Bonchev–Trinajstić information content (AvgIpc) is 3.41. The predicted octanol–water partition coefficient (Wildman–Crippen LogP) is 5.57. The number of hydrogen-bond acceptors (Lipinski definition) is 5. The van der Waals surface area contributed by atoms with Gasteiger partial charge in [-0.25, -0.2) is 9.59 Å². The van der Waals surface area contributed by atoms with Gasteiger partial charge in [0.25, 0.3) is 0 Å². The SMILES string of the molecule is CC.CN(Cc1ccc(C(F)(F)F)cc1N1CCCCC1)C1(C)CCN(C(=O)n2ccc(C(=O)O)n2)CC1. The lowest BCUT2D eigenvalue weighted by Gasteiger charge is -2.45. The third kappa shape index (κ3) is 6.67. The smallest absolute Gasteiger partial charge is 0.416 e. The summed E-state index contributed by atoms with van der Waals surface area (Å²) in [6, 6.07) is 4.96. The standard InChI is InChI=1S/C25H32F3N5O3.C2H6/c1-24(9-14-32(15-10-24)23(36)33-13-8-20(29-33)22(34)35)30(2)17-18-6-7-19(25(26,27)28)16-21(18)31-11-4-3-5-12-31;1-2/h6-8,13,16H,3-5,9-12,14-15,17H2,1-2H3,(H,34,35);1-2H3. The van der Waals surface area contributed by atoms with Crippen LogP contribution in [-0.4, -0.2) is 75.5 Å². The number of carbonyl (C=O) groups is 2. The fraction of sp³-hybridized carbons (Fsp3) is 0.593. The van der Waals surface area contributed by atoms with Gasteiger partial charge in [-0.3, -0.25) is 4.90 Å². The Bertz CT molecular complexity index is 1100. The number of anilines is 1. The highest BCUT2D eigenvalue weighted by molar-refractivity contribution is 5.86. The maximum Gasteiger partial charge on any atom is 0.416 e. The van der Waals surface area contributed by atoms with Gasteiger partial charge in [-0.05, 0) is 69.8 Å². The Kier molecular flexibility index (Phi) is 9.45. The highest BCUT2D eigenvalue weighted by atomic mass is 19.4. The van der Waals surface area contributed by atoms with Crippen molar-refractivity contribution < 1.29 is 27.9 Å². The van der Waals surface area contributed by atoms with Crippen LogP contribution in [-0.2, 0) is 12.7 Å². The van der Waals surface area contributed by atoms with Gasteiger partial charge >= 0.3 is 18.2 Å². The van der Waals surface area contributed by atoms with Crippen LogP contribution in [0.3, 0.4) is 0 Å². The van der Waals surface area contributed by atoms with Crippen LogP contribution in [0.2, 0.25) is 0 Å². The van der Waals surface area contributed by atoms with Gasteiger partial charge in [0.15, 0.2) is 5.69 Å². The maximum atomic E-state index is 13.5. The predicted molar refractivity (Wildman–Crippen MR) is 140 cm³/mol. The first-order valence-corrected chi connectivity index (χ1v) is 13.2. The van der Waals surface area contributed by atoms with Gasteiger partial charge in [0.2, 0.25) is 0 Å². The van der Waals surface area contributed by atoms with Gasteiger partial charge in [-0.1, -0.05) is 19.9 Å². The first-order valence-electron chi connectivity index (χ1n) is 13.2. The summed E-state index contributed by atoms with van der Waals surface area (Å²) in [5.41, 5.74) is 0.447. The minimum Gasteiger partial charge on any atom is -0.476 e. The number of hydrogen-bond donors (Lipinski definition) is 1. The van der Waals surface area contributed by atoms with Crippen LogP contribution in [0, 0.1) is 0 Å². The molecule has 2 aliphatic heterocycles. The van der Waals surface area contributed by atoms with Crippen LogP contribution in [0.4, 0.5) is 23.7 Å². The summed E-state index contributed by atoms with van der Waals surface area (Å²) >= 11 is 0. The Balaban J connectivity index is 0.00000195. The average molecular weight is 538 g/mol. The van der Waals surface area contributed by atoms with Crippen molar-refractivity contribution >= 4 is 17.7 Å². The van der Waals surface area contributed by atoms with E-state index in [1.807, 2.05) is 20.9 Å². The second-order valence-electron chi connectivity index (χ2n) is 9.96. The number of benzene rings is 1. The molecule has 1 aromatic carbocycles. The first kappa shape index (κ1) is 29.5. The molecule has 0 atom stereocenters. The van der Waals surface area contributed by atoms with E-state index in [0.717, 1.165) is 48.7 Å². The summed E-state index contributed by atoms with van der Waals surface area (Å²) in [5, 5.41) is 12.9. The van der Waals surface area contributed by atoms with Crippen molar-refractivity contribution in [3.63, 3.8) is 0 Å². The Morgan fingerprint density at radius 1 is 1.05 bits per heavy atom. The molecule has 0 aliphatic carbocycles. The summed E-state index contributed by atoms with van der Waals surface area (Å²) in [7, 11) is 1.97. The number of piperidine rings is 2. The van der Waals surface area contributed by atoms with Gasteiger partial charge in [-0.2, -0.15) is 23.0 Å². The van der Waals surface area contributed by atoms with E-state index in [9.17, 15) is 22.8 Å². The Hall–Kier alpha value is -3.08. The first-order chi connectivity index (χ1) is 18.0. The lowest BCUT2D eigenvalue weighted by atomic mass is 9.87. The van der Waals surface area contributed by atoms with Crippen LogP contribution < -0.4 is 4.90 Å². The number of nitrogens with zero attached hydrogens (tertiary/aromatic N) is 5. The molecule has 0 saturated carbocycles. The molecule has 0 spiro atoms.